The minimum absolute atomic E-state index is 0.191. The topological polar surface area (TPSA) is 80.8 Å². The second kappa shape index (κ2) is 9.91. The summed E-state index contributed by atoms with van der Waals surface area (Å²) in [7, 11) is 0. The monoisotopic (exact) mass is 499 g/mol. The molecule has 2 aliphatic rings. The maximum absolute atomic E-state index is 13.2. The maximum Gasteiger partial charge on any atom is 0.339 e. The largest absolute Gasteiger partial charge is 0.445 e. The van der Waals surface area contributed by atoms with Gasteiger partial charge in [0, 0.05) is 16.1 Å². The molecular formula is C29H22ClNO5. The highest BCUT2D eigenvalue weighted by atomic mass is 35.5. The first-order chi connectivity index (χ1) is 17.4. The maximum atomic E-state index is 13.2. The second-order valence-electron chi connectivity index (χ2n) is 8.78. The number of halogens is 1. The van der Waals surface area contributed by atoms with E-state index in [9.17, 15) is 19.2 Å². The highest BCUT2D eigenvalue weighted by Crippen LogP contribution is 2.37. The summed E-state index contributed by atoms with van der Waals surface area (Å²) in [6, 6.07) is 21.2. The zero-order valence-corrected chi connectivity index (χ0v) is 19.9. The molecule has 7 heteroatoms. The number of benzene rings is 3. The molecule has 3 aromatic rings. The molecule has 0 aromatic heterocycles. The van der Waals surface area contributed by atoms with Crippen molar-refractivity contribution in [3.05, 3.63) is 113 Å². The van der Waals surface area contributed by atoms with E-state index in [1.807, 2.05) is 12.2 Å². The second-order valence-corrected chi connectivity index (χ2v) is 9.22. The standard InChI is InChI=1S/C29H22ClNO5/c30-21-14-10-19(11-15-21)26(25(32)18-6-2-1-3-7-18)36-29(35)20-12-16-22(17-13-20)31-27(33)23-8-4-5-9-24(23)28(31)34/h1-7,10-17,23-24,26H,8-9H2/t23-,24-,26+/m1/s1. The predicted octanol–water partition coefficient (Wildman–Crippen LogP) is 5.58. The summed E-state index contributed by atoms with van der Waals surface area (Å²) < 4.78 is 5.68. The predicted molar refractivity (Wildman–Crippen MR) is 135 cm³/mol. The van der Waals surface area contributed by atoms with E-state index in [1.54, 1.807) is 66.7 Å². The molecular weight excluding hydrogens is 478 g/mol. The van der Waals surface area contributed by atoms with Crippen molar-refractivity contribution in [1.82, 2.24) is 0 Å². The third kappa shape index (κ3) is 4.48. The Morgan fingerprint density at radius 3 is 1.94 bits per heavy atom. The molecule has 0 saturated carbocycles. The number of allylic oxidation sites excluding steroid dienone is 2. The molecule has 0 radical (unpaired) electrons. The first-order valence-electron chi connectivity index (χ1n) is 11.6. The van der Waals surface area contributed by atoms with E-state index in [0.29, 0.717) is 34.7 Å². The molecule has 0 spiro atoms. The molecule has 6 nitrogen and oxygen atoms in total. The number of anilines is 1. The number of carbonyl (C=O) groups excluding carboxylic acids is 4. The third-order valence-corrected chi connectivity index (χ3v) is 6.81. The van der Waals surface area contributed by atoms with Gasteiger partial charge in [-0.1, -0.05) is 66.2 Å². The fraction of sp³-hybridized carbons (Fsp3) is 0.172. The van der Waals surface area contributed by atoms with E-state index in [1.165, 1.54) is 17.0 Å². The van der Waals surface area contributed by atoms with Crippen LogP contribution in [0.5, 0.6) is 0 Å². The van der Waals surface area contributed by atoms with E-state index in [0.717, 1.165) is 0 Å². The van der Waals surface area contributed by atoms with Gasteiger partial charge in [-0.15, -0.1) is 0 Å². The first kappa shape index (κ1) is 23.7. The molecule has 1 fully saturated rings. The number of rotatable bonds is 6. The van der Waals surface area contributed by atoms with Gasteiger partial charge >= 0.3 is 5.97 Å². The fourth-order valence-corrected chi connectivity index (χ4v) is 4.77. The number of fused-ring (bicyclic) bond motifs is 1. The van der Waals surface area contributed by atoms with E-state index in [-0.39, 0.29) is 35.0 Å². The van der Waals surface area contributed by atoms with Gasteiger partial charge in [0.25, 0.3) is 0 Å². The molecule has 36 heavy (non-hydrogen) atoms. The van der Waals surface area contributed by atoms with Crippen LogP contribution in [0.25, 0.3) is 0 Å². The number of Topliss-reactive ketones (excluding diaryl/α,β-unsaturated/α-hetero) is 1. The summed E-state index contributed by atoms with van der Waals surface area (Å²) in [4.78, 5) is 53.1. The van der Waals surface area contributed by atoms with Gasteiger partial charge in [0.15, 0.2) is 6.10 Å². The summed E-state index contributed by atoms with van der Waals surface area (Å²) in [6.45, 7) is 0. The lowest BCUT2D eigenvalue weighted by Gasteiger charge is -2.18. The van der Waals surface area contributed by atoms with E-state index in [2.05, 4.69) is 0 Å². The average molecular weight is 500 g/mol. The Balaban J connectivity index is 1.37. The van der Waals surface area contributed by atoms with Gasteiger partial charge in [0.1, 0.15) is 0 Å². The van der Waals surface area contributed by atoms with Gasteiger partial charge in [-0.2, -0.15) is 0 Å². The van der Waals surface area contributed by atoms with Crippen LogP contribution in [-0.2, 0) is 14.3 Å². The summed E-state index contributed by atoms with van der Waals surface area (Å²) in [5, 5.41) is 0.494. The Labute approximate surface area is 213 Å². The lowest BCUT2D eigenvalue weighted by atomic mass is 9.85. The summed E-state index contributed by atoms with van der Waals surface area (Å²) in [5.41, 5.74) is 1.49. The Hall–Kier alpha value is -4.03. The number of ketones is 1. The molecule has 3 atom stereocenters. The Morgan fingerprint density at radius 1 is 0.778 bits per heavy atom. The van der Waals surface area contributed by atoms with Crippen LogP contribution < -0.4 is 4.90 Å². The number of ether oxygens (including phenoxy) is 1. The highest BCUT2D eigenvalue weighted by Gasteiger charge is 2.47. The van der Waals surface area contributed by atoms with Gasteiger partial charge in [-0.25, -0.2) is 4.79 Å². The van der Waals surface area contributed by atoms with Crippen molar-refractivity contribution in [3.8, 4) is 0 Å². The van der Waals surface area contributed by atoms with Crippen molar-refractivity contribution in [1.29, 1.82) is 0 Å². The zero-order valence-electron chi connectivity index (χ0n) is 19.2. The van der Waals surface area contributed by atoms with Crippen LogP contribution in [0.2, 0.25) is 5.02 Å². The Morgan fingerprint density at radius 2 is 1.36 bits per heavy atom. The number of amides is 2. The normalized spacial score (nSPS) is 19.6. The Kier molecular flexibility index (Phi) is 6.53. The number of nitrogens with zero attached hydrogens (tertiary/aromatic N) is 1. The summed E-state index contributed by atoms with van der Waals surface area (Å²) in [6.07, 6.45) is 3.80. The van der Waals surface area contributed by atoms with Crippen LogP contribution >= 0.6 is 11.6 Å². The number of esters is 1. The molecule has 0 N–H and O–H groups in total. The van der Waals surface area contributed by atoms with Crippen molar-refractivity contribution in [2.45, 2.75) is 18.9 Å². The molecule has 2 amide bonds. The average Bonchev–Trinajstić information content (AvgIpc) is 3.17. The lowest BCUT2D eigenvalue weighted by Crippen LogP contribution is -2.30. The molecule has 1 aliphatic heterocycles. The van der Waals surface area contributed by atoms with Crippen molar-refractivity contribution in [2.75, 3.05) is 4.90 Å². The van der Waals surface area contributed by atoms with Crippen molar-refractivity contribution >= 4 is 40.9 Å². The molecule has 0 bridgehead atoms. The first-order valence-corrected chi connectivity index (χ1v) is 12.0. The highest BCUT2D eigenvalue weighted by molar-refractivity contribution is 6.30. The quantitative estimate of drug-likeness (QED) is 0.191. The lowest BCUT2D eigenvalue weighted by molar-refractivity contribution is -0.122. The van der Waals surface area contributed by atoms with Crippen LogP contribution in [0.4, 0.5) is 5.69 Å². The molecule has 1 saturated heterocycles. The molecule has 5 rings (SSSR count). The van der Waals surface area contributed by atoms with Crippen LogP contribution in [0.1, 0.15) is 45.2 Å². The number of carbonyl (C=O) groups is 4. The fourth-order valence-electron chi connectivity index (χ4n) is 4.64. The zero-order chi connectivity index (χ0) is 25.2. The summed E-state index contributed by atoms with van der Waals surface area (Å²) in [5.74, 6) is -2.19. The molecule has 1 aliphatic carbocycles. The van der Waals surface area contributed by atoms with E-state index in [4.69, 9.17) is 16.3 Å². The number of hydrogen-bond acceptors (Lipinski definition) is 5. The SMILES string of the molecule is O=C(O[C@H](C(=O)c1ccccc1)c1ccc(Cl)cc1)c1ccc(N2C(=O)[C@@H]3CC=CC[C@H]3C2=O)cc1. The molecule has 3 aromatic carbocycles. The number of imide groups is 1. The van der Waals surface area contributed by atoms with E-state index >= 15 is 0 Å². The summed E-state index contributed by atoms with van der Waals surface area (Å²) >= 11 is 6.00. The minimum atomic E-state index is -1.17. The van der Waals surface area contributed by atoms with Gasteiger partial charge in [0.2, 0.25) is 17.6 Å². The van der Waals surface area contributed by atoms with Crippen LogP contribution in [0, 0.1) is 11.8 Å². The molecule has 1 heterocycles. The Bertz CT molecular complexity index is 1320. The van der Waals surface area contributed by atoms with Gasteiger partial charge in [0.05, 0.1) is 23.1 Å². The molecule has 0 unspecified atom stereocenters. The smallest absolute Gasteiger partial charge is 0.339 e. The number of hydrogen-bond donors (Lipinski definition) is 0. The van der Waals surface area contributed by atoms with Crippen molar-refractivity contribution < 1.29 is 23.9 Å². The van der Waals surface area contributed by atoms with E-state index < -0.39 is 12.1 Å². The van der Waals surface area contributed by atoms with Gasteiger partial charge in [-0.05, 0) is 49.2 Å². The van der Waals surface area contributed by atoms with Crippen LogP contribution in [-0.4, -0.2) is 23.6 Å². The molecule has 180 valence electrons. The van der Waals surface area contributed by atoms with Crippen molar-refractivity contribution in [3.63, 3.8) is 0 Å². The van der Waals surface area contributed by atoms with Crippen LogP contribution in [0.15, 0.2) is 91.0 Å². The third-order valence-electron chi connectivity index (χ3n) is 6.56. The van der Waals surface area contributed by atoms with Gasteiger partial charge < -0.3 is 4.74 Å². The van der Waals surface area contributed by atoms with Gasteiger partial charge in [-0.3, -0.25) is 19.3 Å². The minimum Gasteiger partial charge on any atom is -0.445 e. The van der Waals surface area contributed by atoms with Crippen LogP contribution in [0.3, 0.4) is 0 Å². The van der Waals surface area contributed by atoms with Crippen molar-refractivity contribution in [2.24, 2.45) is 11.8 Å².